The van der Waals surface area contributed by atoms with Crippen molar-refractivity contribution in [3.8, 4) is 11.5 Å². The fourth-order valence-electron chi connectivity index (χ4n) is 2.27. The largest absolute Gasteiger partial charge is 0.493 e. The summed E-state index contributed by atoms with van der Waals surface area (Å²) in [4.78, 5) is 0. The smallest absolute Gasteiger partial charge is 0.180 e. The van der Waals surface area contributed by atoms with Crippen LogP contribution in [0.2, 0.25) is 10.0 Å². The summed E-state index contributed by atoms with van der Waals surface area (Å²) < 4.78 is 25.0. The third-order valence-corrected chi connectivity index (χ3v) is 4.61. The molecule has 1 N–H and O–H groups in total. The summed E-state index contributed by atoms with van der Waals surface area (Å²) in [7, 11) is 1.54. The van der Waals surface area contributed by atoms with Gasteiger partial charge in [0, 0.05) is 18.2 Å². The number of benzene rings is 2. The number of ether oxygens (including phenoxy) is 2. The van der Waals surface area contributed by atoms with E-state index in [-0.39, 0.29) is 12.2 Å². The van der Waals surface area contributed by atoms with Crippen LogP contribution in [0.25, 0.3) is 0 Å². The molecule has 0 bridgehead atoms. The van der Waals surface area contributed by atoms with Crippen LogP contribution in [0.4, 0.5) is 4.39 Å². The maximum absolute atomic E-state index is 13.9. The lowest BCUT2D eigenvalue weighted by Crippen LogP contribution is -2.24. The van der Waals surface area contributed by atoms with Crippen LogP contribution in [0.1, 0.15) is 31.4 Å². The summed E-state index contributed by atoms with van der Waals surface area (Å²) in [6, 6.07) is 8.59. The van der Waals surface area contributed by atoms with Crippen LogP contribution in [0.15, 0.2) is 30.3 Å². The van der Waals surface area contributed by atoms with Crippen LogP contribution in [0.5, 0.6) is 11.5 Å². The Balaban J connectivity index is 2.17. The van der Waals surface area contributed by atoms with Crippen LogP contribution in [-0.2, 0) is 13.2 Å². The number of hydrogen-bond acceptors (Lipinski definition) is 3. The molecule has 0 amide bonds. The van der Waals surface area contributed by atoms with Gasteiger partial charge in [-0.25, -0.2) is 4.39 Å². The van der Waals surface area contributed by atoms with E-state index in [9.17, 15) is 4.39 Å². The van der Waals surface area contributed by atoms with Gasteiger partial charge in [0.25, 0.3) is 0 Å². The number of methoxy groups -OCH3 is 1. The Labute approximate surface area is 158 Å². The first-order valence-corrected chi connectivity index (χ1v) is 8.87. The van der Waals surface area contributed by atoms with E-state index in [0.717, 1.165) is 12.0 Å². The van der Waals surface area contributed by atoms with Crippen molar-refractivity contribution >= 4 is 23.2 Å². The van der Waals surface area contributed by atoms with Crippen molar-refractivity contribution in [3.05, 3.63) is 57.3 Å². The van der Waals surface area contributed by atoms with Crippen LogP contribution in [0.3, 0.4) is 0 Å². The van der Waals surface area contributed by atoms with Gasteiger partial charge in [-0.15, -0.1) is 0 Å². The van der Waals surface area contributed by atoms with E-state index in [1.165, 1.54) is 6.07 Å². The molecule has 6 heteroatoms. The normalized spacial score (nSPS) is 12.1. The predicted molar refractivity (Wildman–Crippen MR) is 100 cm³/mol. The standard InChI is InChI=1S/C19H22Cl2FNO2/c1-4-12(2)23-10-13-8-16(21)19(18(9-13)24-3)25-11-14-15(20)6-5-7-17(14)22/h5-9,12,23H,4,10-11H2,1-3H3. The Bertz CT molecular complexity index is 705. The Morgan fingerprint density at radius 1 is 1.20 bits per heavy atom. The molecule has 25 heavy (non-hydrogen) atoms. The lowest BCUT2D eigenvalue weighted by molar-refractivity contribution is 0.280. The molecule has 0 saturated heterocycles. The van der Waals surface area contributed by atoms with Crippen LogP contribution >= 0.6 is 23.2 Å². The molecule has 0 aliphatic heterocycles. The van der Waals surface area contributed by atoms with Gasteiger partial charge in [-0.1, -0.05) is 36.2 Å². The molecule has 2 rings (SSSR count). The van der Waals surface area contributed by atoms with Crippen molar-refractivity contribution < 1.29 is 13.9 Å². The number of nitrogens with one attached hydrogen (secondary N) is 1. The van der Waals surface area contributed by atoms with E-state index in [0.29, 0.717) is 34.1 Å². The molecule has 0 aliphatic rings. The highest BCUT2D eigenvalue weighted by molar-refractivity contribution is 6.32. The second-order valence-corrected chi connectivity index (χ2v) is 6.60. The molecule has 2 aromatic rings. The van der Waals surface area contributed by atoms with Gasteiger partial charge in [-0.3, -0.25) is 0 Å². The van der Waals surface area contributed by atoms with Crippen molar-refractivity contribution in [2.24, 2.45) is 0 Å². The molecular weight excluding hydrogens is 364 g/mol. The Kier molecular flexibility index (Phi) is 7.36. The van der Waals surface area contributed by atoms with E-state index in [2.05, 4.69) is 19.2 Å². The first-order valence-electron chi connectivity index (χ1n) is 8.11. The summed E-state index contributed by atoms with van der Waals surface area (Å²) in [6.07, 6.45) is 1.04. The molecule has 2 aromatic carbocycles. The second kappa shape index (κ2) is 9.27. The van der Waals surface area contributed by atoms with Gasteiger partial charge in [0.2, 0.25) is 0 Å². The zero-order chi connectivity index (χ0) is 18.4. The zero-order valence-electron chi connectivity index (χ0n) is 14.5. The van der Waals surface area contributed by atoms with E-state index in [1.807, 2.05) is 12.1 Å². The summed E-state index contributed by atoms with van der Waals surface area (Å²) in [5, 5.41) is 4.12. The highest BCUT2D eigenvalue weighted by Gasteiger charge is 2.15. The van der Waals surface area contributed by atoms with E-state index < -0.39 is 5.82 Å². The SMILES string of the molecule is CCC(C)NCc1cc(Cl)c(OCc2c(F)cccc2Cl)c(OC)c1. The summed E-state index contributed by atoms with van der Waals surface area (Å²) in [6.45, 7) is 4.88. The van der Waals surface area contributed by atoms with Gasteiger partial charge in [0.15, 0.2) is 11.5 Å². The van der Waals surface area contributed by atoms with Crippen LogP contribution in [-0.4, -0.2) is 13.2 Å². The average Bonchev–Trinajstić information content (AvgIpc) is 2.60. The fourth-order valence-corrected chi connectivity index (χ4v) is 2.77. The van der Waals surface area contributed by atoms with E-state index in [1.54, 1.807) is 19.2 Å². The first-order chi connectivity index (χ1) is 12.0. The zero-order valence-corrected chi connectivity index (χ0v) is 16.0. The quantitative estimate of drug-likeness (QED) is 0.640. The lowest BCUT2D eigenvalue weighted by atomic mass is 10.1. The van der Waals surface area contributed by atoms with Crippen LogP contribution < -0.4 is 14.8 Å². The molecule has 0 saturated carbocycles. The topological polar surface area (TPSA) is 30.5 Å². The molecule has 0 aliphatic carbocycles. The number of hydrogen-bond donors (Lipinski definition) is 1. The van der Waals surface area contributed by atoms with Crippen LogP contribution in [0, 0.1) is 5.82 Å². The summed E-state index contributed by atoms with van der Waals surface area (Å²) >= 11 is 12.4. The molecule has 3 nitrogen and oxygen atoms in total. The average molecular weight is 386 g/mol. The molecule has 1 unspecified atom stereocenters. The molecule has 0 spiro atoms. The number of rotatable bonds is 8. The number of halogens is 3. The minimum Gasteiger partial charge on any atom is -0.493 e. The van der Waals surface area contributed by atoms with Gasteiger partial charge in [-0.2, -0.15) is 0 Å². The van der Waals surface area contributed by atoms with Crippen molar-refractivity contribution in [2.75, 3.05) is 7.11 Å². The Morgan fingerprint density at radius 2 is 1.96 bits per heavy atom. The van der Waals surface area contributed by atoms with E-state index in [4.69, 9.17) is 32.7 Å². The summed E-state index contributed by atoms with van der Waals surface area (Å²) in [5.74, 6) is 0.452. The van der Waals surface area contributed by atoms with Crippen molar-refractivity contribution in [1.29, 1.82) is 0 Å². The van der Waals surface area contributed by atoms with Gasteiger partial charge in [-0.05, 0) is 43.2 Å². The lowest BCUT2D eigenvalue weighted by Gasteiger charge is -2.16. The maximum Gasteiger partial charge on any atom is 0.180 e. The molecule has 1 atom stereocenters. The van der Waals surface area contributed by atoms with Crippen molar-refractivity contribution in [3.63, 3.8) is 0 Å². The minimum atomic E-state index is -0.419. The van der Waals surface area contributed by atoms with Gasteiger partial charge in [0.1, 0.15) is 12.4 Å². The van der Waals surface area contributed by atoms with Crippen molar-refractivity contribution in [1.82, 2.24) is 5.32 Å². The monoisotopic (exact) mass is 385 g/mol. The predicted octanol–water partition coefficient (Wildman–Crippen LogP) is 5.61. The Hall–Kier alpha value is -1.49. The van der Waals surface area contributed by atoms with Gasteiger partial charge < -0.3 is 14.8 Å². The maximum atomic E-state index is 13.9. The highest BCUT2D eigenvalue weighted by Crippen LogP contribution is 2.37. The Morgan fingerprint density at radius 3 is 2.60 bits per heavy atom. The molecule has 0 heterocycles. The molecule has 136 valence electrons. The third-order valence-electron chi connectivity index (χ3n) is 3.98. The van der Waals surface area contributed by atoms with Crippen molar-refractivity contribution in [2.45, 2.75) is 39.5 Å². The second-order valence-electron chi connectivity index (χ2n) is 5.79. The summed E-state index contributed by atoms with van der Waals surface area (Å²) in [5.41, 5.74) is 1.27. The van der Waals surface area contributed by atoms with Gasteiger partial charge >= 0.3 is 0 Å². The third kappa shape index (κ3) is 5.24. The van der Waals surface area contributed by atoms with E-state index >= 15 is 0 Å². The first kappa shape index (κ1) is 19.8. The molecule has 0 aromatic heterocycles. The fraction of sp³-hybridized carbons (Fsp3) is 0.368. The molecular formula is C19H22Cl2FNO2. The molecule has 0 radical (unpaired) electrons. The highest BCUT2D eigenvalue weighted by atomic mass is 35.5. The molecule has 0 fully saturated rings. The van der Waals surface area contributed by atoms with Gasteiger partial charge in [0.05, 0.1) is 17.2 Å². The minimum absolute atomic E-state index is 0.0357.